The highest BCUT2D eigenvalue weighted by molar-refractivity contribution is 7.10. The van der Waals surface area contributed by atoms with Crippen molar-refractivity contribution < 1.29 is 19.1 Å². The molecule has 0 radical (unpaired) electrons. The van der Waals surface area contributed by atoms with E-state index in [2.05, 4.69) is 22.8 Å². The van der Waals surface area contributed by atoms with Gasteiger partial charge in [-0.2, -0.15) is 0 Å². The van der Waals surface area contributed by atoms with Crippen LogP contribution in [-0.4, -0.2) is 57.2 Å². The summed E-state index contributed by atoms with van der Waals surface area (Å²) < 4.78 is 10.6. The Morgan fingerprint density at radius 3 is 2.58 bits per heavy atom. The molecule has 2 aromatic rings. The van der Waals surface area contributed by atoms with Crippen molar-refractivity contribution in [3.05, 3.63) is 40.6 Å². The van der Waals surface area contributed by atoms with Crippen LogP contribution in [0.5, 0.6) is 11.5 Å². The van der Waals surface area contributed by atoms with Crippen molar-refractivity contribution >= 4 is 29.0 Å². The molecule has 2 aliphatic rings. The molecule has 0 atom stereocenters. The number of hydrogen-bond donors (Lipinski definition) is 1. The number of rotatable bonds is 8. The number of hydrogen-bond acceptors (Lipinski definition) is 5. The monoisotopic (exact) mass is 443 g/mol. The van der Waals surface area contributed by atoms with Gasteiger partial charge in [-0.05, 0) is 36.4 Å². The first-order valence-electron chi connectivity index (χ1n) is 10.7. The van der Waals surface area contributed by atoms with E-state index in [1.807, 2.05) is 6.07 Å². The first-order chi connectivity index (χ1) is 15.1. The van der Waals surface area contributed by atoms with Crippen LogP contribution in [0.3, 0.4) is 0 Å². The Kier molecular flexibility index (Phi) is 6.36. The zero-order chi connectivity index (χ0) is 21.8. The number of nitrogens with one attached hydrogen (secondary N) is 1. The summed E-state index contributed by atoms with van der Waals surface area (Å²) in [6.07, 6.45) is 4.59. The fourth-order valence-electron chi connectivity index (χ4n) is 4.60. The quantitative estimate of drug-likeness (QED) is 0.676. The first kappa shape index (κ1) is 21.5. The third-order valence-corrected chi connectivity index (χ3v) is 7.45. The van der Waals surface area contributed by atoms with Gasteiger partial charge in [0.25, 0.3) is 0 Å². The molecule has 1 aromatic heterocycles. The van der Waals surface area contributed by atoms with Crippen molar-refractivity contribution in [2.45, 2.75) is 31.1 Å². The lowest BCUT2D eigenvalue weighted by atomic mass is 9.84. The Labute approximate surface area is 186 Å². The average molecular weight is 444 g/mol. The summed E-state index contributed by atoms with van der Waals surface area (Å²) in [6, 6.07) is 9.47. The molecule has 1 aromatic carbocycles. The molecule has 1 aliphatic heterocycles. The Balaban J connectivity index is 1.36. The Bertz CT molecular complexity index is 925. The van der Waals surface area contributed by atoms with Gasteiger partial charge in [-0.3, -0.25) is 9.69 Å². The molecule has 0 bridgehead atoms. The van der Waals surface area contributed by atoms with Crippen LogP contribution in [0.25, 0.3) is 0 Å². The zero-order valence-electron chi connectivity index (χ0n) is 18.1. The summed E-state index contributed by atoms with van der Waals surface area (Å²) in [4.78, 5) is 30.2. The molecule has 1 saturated carbocycles. The first-order valence-corrected chi connectivity index (χ1v) is 11.5. The van der Waals surface area contributed by atoms with Crippen molar-refractivity contribution in [3.63, 3.8) is 0 Å². The summed E-state index contributed by atoms with van der Waals surface area (Å²) in [5.41, 5.74) is 0.776. The maximum Gasteiger partial charge on any atom is 0.325 e. The van der Waals surface area contributed by atoms with E-state index in [1.165, 1.54) is 17.7 Å². The summed E-state index contributed by atoms with van der Waals surface area (Å²) in [5, 5.41) is 5.21. The van der Waals surface area contributed by atoms with Crippen molar-refractivity contribution in [2.24, 2.45) is 0 Å². The molecule has 31 heavy (non-hydrogen) atoms. The molecule has 0 unspecified atom stereocenters. The molecule has 1 aliphatic carbocycles. The van der Waals surface area contributed by atoms with Crippen LogP contribution in [0.1, 0.15) is 30.6 Å². The number of ether oxygens (including phenoxy) is 2. The molecule has 1 N–H and O–H groups in total. The van der Waals surface area contributed by atoms with Gasteiger partial charge in [-0.25, -0.2) is 4.79 Å². The summed E-state index contributed by atoms with van der Waals surface area (Å²) >= 11 is 1.77. The normalized spacial score (nSPS) is 17.8. The number of urea groups is 1. The van der Waals surface area contributed by atoms with Crippen molar-refractivity contribution in [1.29, 1.82) is 0 Å². The van der Waals surface area contributed by atoms with E-state index >= 15 is 0 Å². The van der Waals surface area contributed by atoms with E-state index < -0.39 is 0 Å². The minimum atomic E-state index is -0.170. The van der Waals surface area contributed by atoms with Gasteiger partial charge in [-0.15, -0.1) is 11.3 Å². The van der Waals surface area contributed by atoms with Crippen molar-refractivity contribution in [1.82, 2.24) is 10.2 Å². The zero-order valence-corrected chi connectivity index (χ0v) is 18.9. The van der Waals surface area contributed by atoms with E-state index in [0.717, 1.165) is 18.5 Å². The van der Waals surface area contributed by atoms with Crippen LogP contribution in [0.15, 0.2) is 35.7 Å². The van der Waals surface area contributed by atoms with Crippen LogP contribution >= 0.6 is 11.3 Å². The molecule has 7 nitrogen and oxygen atoms in total. The number of carbonyl (C=O) groups is 2. The molecule has 2 heterocycles. The predicted octanol–water partition coefficient (Wildman–Crippen LogP) is 3.64. The average Bonchev–Trinajstić information content (AvgIpc) is 3.55. The highest BCUT2D eigenvalue weighted by Gasteiger charge is 2.37. The highest BCUT2D eigenvalue weighted by Crippen LogP contribution is 2.42. The topological polar surface area (TPSA) is 71.1 Å². The largest absolute Gasteiger partial charge is 0.493 e. The number of carbonyl (C=O) groups excluding carboxylic acids is 2. The third-order valence-electron chi connectivity index (χ3n) is 6.34. The van der Waals surface area contributed by atoms with Gasteiger partial charge in [0, 0.05) is 41.7 Å². The molecule has 4 rings (SSSR count). The molecule has 8 heteroatoms. The van der Waals surface area contributed by atoms with E-state index in [0.29, 0.717) is 31.1 Å². The second-order valence-corrected chi connectivity index (χ2v) is 9.08. The lowest BCUT2D eigenvalue weighted by Gasteiger charge is -2.28. The fraction of sp³-hybridized carbons (Fsp3) is 0.478. The second-order valence-electron chi connectivity index (χ2n) is 8.14. The van der Waals surface area contributed by atoms with Gasteiger partial charge in [0.15, 0.2) is 11.5 Å². The van der Waals surface area contributed by atoms with E-state index in [1.54, 1.807) is 47.5 Å². The van der Waals surface area contributed by atoms with Crippen LogP contribution in [0.4, 0.5) is 10.5 Å². The molecule has 0 spiro atoms. The van der Waals surface area contributed by atoms with Gasteiger partial charge in [0.1, 0.15) is 6.54 Å². The molecule has 166 valence electrons. The lowest BCUT2D eigenvalue weighted by molar-refractivity contribution is -0.121. The number of nitrogens with zero attached hydrogens (tertiary/aromatic N) is 2. The Morgan fingerprint density at radius 1 is 1.13 bits per heavy atom. The molecular weight excluding hydrogens is 414 g/mol. The molecule has 1 saturated heterocycles. The summed E-state index contributed by atoms with van der Waals surface area (Å²) in [5.74, 6) is 1.07. The molecule has 2 fully saturated rings. The van der Waals surface area contributed by atoms with Gasteiger partial charge >= 0.3 is 6.03 Å². The van der Waals surface area contributed by atoms with Crippen molar-refractivity contribution in [2.75, 3.05) is 45.3 Å². The minimum Gasteiger partial charge on any atom is -0.493 e. The van der Waals surface area contributed by atoms with Crippen molar-refractivity contribution in [3.8, 4) is 11.5 Å². The van der Waals surface area contributed by atoms with Crippen LogP contribution in [0, 0.1) is 0 Å². The maximum absolute atomic E-state index is 12.9. The van der Waals surface area contributed by atoms with Gasteiger partial charge in [0.05, 0.1) is 14.2 Å². The van der Waals surface area contributed by atoms with Crippen LogP contribution < -0.4 is 19.7 Å². The SMILES string of the molecule is COc1ccc(N2CCN(CC(=O)NCC3(c4cccs4)CCCC3)C2=O)cc1OC. The Hall–Kier alpha value is -2.74. The number of thiophene rings is 1. The highest BCUT2D eigenvalue weighted by atomic mass is 32.1. The Morgan fingerprint density at radius 2 is 1.90 bits per heavy atom. The van der Waals surface area contributed by atoms with Gasteiger partial charge in [0.2, 0.25) is 5.91 Å². The van der Waals surface area contributed by atoms with E-state index in [-0.39, 0.29) is 23.9 Å². The second kappa shape index (κ2) is 9.18. The number of benzene rings is 1. The lowest BCUT2D eigenvalue weighted by Crippen LogP contribution is -2.44. The van der Waals surface area contributed by atoms with Crippen LogP contribution in [0.2, 0.25) is 0 Å². The third kappa shape index (κ3) is 4.35. The van der Waals surface area contributed by atoms with Gasteiger partial charge < -0.3 is 19.7 Å². The number of amides is 3. The smallest absolute Gasteiger partial charge is 0.325 e. The molecular formula is C23H29N3O4S. The maximum atomic E-state index is 12.9. The standard InChI is InChI=1S/C23H29N3O4S/c1-29-18-8-7-17(14-19(18)30-2)26-12-11-25(22(26)28)15-21(27)24-16-23(9-3-4-10-23)20-6-5-13-31-20/h5-8,13-14H,3-4,9-12,15-16H2,1-2H3,(H,24,27). The van der Waals surface area contributed by atoms with E-state index in [9.17, 15) is 9.59 Å². The predicted molar refractivity (Wildman–Crippen MR) is 121 cm³/mol. The minimum absolute atomic E-state index is 0.0462. The van der Waals surface area contributed by atoms with Gasteiger partial charge in [-0.1, -0.05) is 18.9 Å². The fourth-order valence-corrected chi connectivity index (χ4v) is 5.59. The number of methoxy groups -OCH3 is 2. The van der Waals surface area contributed by atoms with E-state index in [4.69, 9.17) is 9.47 Å². The molecule has 3 amide bonds. The van der Waals surface area contributed by atoms with Crippen LogP contribution in [-0.2, 0) is 10.2 Å². The number of anilines is 1. The summed E-state index contributed by atoms with van der Waals surface area (Å²) in [7, 11) is 3.14. The summed E-state index contributed by atoms with van der Waals surface area (Å²) in [6.45, 7) is 1.74.